The van der Waals surface area contributed by atoms with Crippen LogP contribution in [0.25, 0.3) is 10.2 Å². The molecule has 2 aromatic heterocycles. The number of rotatable bonds is 9. The first-order valence-electron chi connectivity index (χ1n) is 10.5. The Kier molecular flexibility index (Phi) is 7.00. The van der Waals surface area contributed by atoms with Gasteiger partial charge in [0.2, 0.25) is 5.91 Å². The molecule has 0 aliphatic heterocycles. The number of amides is 1. The molecule has 0 bridgehead atoms. The minimum atomic E-state index is -3.58. The van der Waals surface area contributed by atoms with E-state index in [1.807, 2.05) is 31.2 Å². The van der Waals surface area contributed by atoms with E-state index in [0.29, 0.717) is 23.0 Å². The number of nitrogens with zero attached hydrogens (tertiary/aromatic N) is 3. The van der Waals surface area contributed by atoms with Crippen molar-refractivity contribution in [3.8, 4) is 5.75 Å². The fraction of sp³-hybridized carbons (Fsp3) is 0.208. The number of anilines is 1. The van der Waals surface area contributed by atoms with Gasteiger partial charge in [-0.25, -0.2) is 13.4 Å². The van der Waals surface area contributed by atoms with E-state index in [1.165, 1.54) is 28.4 Å². The number of fused-ring (bicyclic) bond motifs is 1. The Morgan fingerprint density at radius 2 is 1.88 bits per heavy atom. The summed E-state index contributed by atoms with van der Waals surface area (Å²) in [6, 6.07) is 17.5. The number of benzene rings is 2. The van der Waals surface area contributed by atoms with Crippen molar-refractivity contribution < 1.29 is 17.9 Å². The highest BCUT2D eigenvalue weighted by Crippen LogP contribution is 2.35. The summed E-state index contributed by atoms with van der Waals surface area (Å²) < 4.78 is 32.0. The zero-order chi connectivity index (χ0) is 23.3. The molecular formula is C24H23N3O4S2. The van der Waals surface area contributed by atoms with E-state index in [4.69, 9.17) is 4.74 Å². The van der Waals surface area contributed by atoms with Crippen molar-refractivity contribution in [2.75, 3.05) is 17.3 Å². The van der Waals surface area contributed by atoms with Gasteiger partial charge in [-0.05, 0) is 42.8 Å². The third-order valence-electron chi connectivity index (χ3n) is 4.95. The predicted octanol–water partition coefficient (Wildman–Crippen LogP) is 4.49. The lowest BCUT2D eigenvalue weighted by Gasteiger charge is -2.20. The molecule has 0 atom stereocenters. The van der Waals surface area contributed by atoms with Gasteiger partial charge in [0.25, 0.3) is 0 Å². The molecule has 4 rings (SSSR count). The SMILES string of the molecule is CCOc1cccc2sc(N(Cc3cccnc3)C(=O)CCS(=O)(=O)c3ccccc3)nc12. The molecule has 33 heavy (non-hydrogen) atoms. The third kappa shape index (κ3) is 5.37. The quantitative estimate of drug-likeness (QED) is 0.350. The van der Waals surface area contributed by atoms with Crippen LogP contribution in [0.4, 0.5) is 5.13 Å². The van der Waals surface area contributed by atoms with Crippen molar-refractivity contribution in [3.05, 3.63) is 78.6 Å². The summed E-state index contributed by atoms with van der Waals surface area (Å²) in [6.07, 6.45) is 3.18. The molecule has 4 aromatic rings. The summed E-state index contributed by atoms with van der Waals surface area (Å²) in [5, 5.41) is 0.489. The molecule has 0 fully saturated rings. The molecule has 170 valence electrons. The highest BCUT2D eigenvalue weighted by atomic mass is 32.2. The van der Waals surface area contributed by atoms with Crippen LogP contribution in [-0.4, -0.2) is 36.7 Å². The Labute approximate surface area is 196 Å². The largest absolute Gasteiger partial charge is 0.492 e. The van der Waals surface area contributed by atoms with Gasteiger partial charge in [-0.15, -0.1) is 0 Å². The molecule has 0 aliphatic rings. The van der Waals surface area contributed by atoms with Crippen molar-refractivity contribution in [1.29, 1.82) is 0 Å². The summed E-state index contributed by atoms with van der Waals surface area (Å²) in [5.41, 5.74) is 1.50. The predicted molar refractivity (Wildman–Crippen MR) is 129 cm³/mol. The van der Waals surface area contributed by atoms with Crippen LogP contribution in [0.2, 0.25) is 0 Å². The Hall–Kier alpha value is -3.30. The normalized spacial score (nSPS) is 11.4. The van der Waals surface area contributed by atoms with Crippen molar-refractivity contribution in [2.45, 2.75) is 24.8 Å². The second-order valence-corrected chi connectivity index (χ2v) is 10.4. The Bertz CT molecular complexity index is 1340. The van der Waals surface area contributed by atoms with Crippen LogP contribution in [-0.2, 0) is 21.2 Å². The van der Waals surface area contributed by atoms with Crippen LogP contribution in [0.1, 0.15) is 18.9 Å². The van der Waals surface area contributed by atoms with Crippen molar-refractivity contribution in [3.63, 3.8) is 0 Å². The maximum absolute atomic E-state index is 13.3. The molecule has 0 spiro atoms. The number of thiazole rings is 1. The van der Waals surface area contributed by atoms with Gasteiger partial charge in [0.15, 0.2) is 15.0 Å². The molecule has 0 N–H and O–H groups in total. The van der Waals surface area contributed by atoms with Crippen LogP contribution in [0.3, 0.4) is 0 Å². The third-order valence-corrected chi connectivity index (χ3v) is 7.73. The molecule has 9 heteroatoms. The van der Waals surface area contributed by atoms with E-state index in [0.717, 1.165) is 10.3 Å². The molecule has 1 amide bonds. The van der Waals surface area contributed by atoms with Gasteiger partial charge >= 0.3 is 0 Å². The van der Waals surface area contributed by atoms with Crippen LogP contribution < -0.4 is 9.64 Å². The van der Waals surface area contributed by atoms with Crippen molar-refractivity contribution >= 4 is 42.4 Å². The summed E-state index contributed by atoms with van der Waals surface area (Å²) in [4.78, 5) is 23.8. The molecule has 2 heterocycles. The summed E-state index contributed by atoms with van der Waals surface area (Å²) >= 11 is 1.37. The maximum atomic E-state index is 13.3. The van der Waals surface area contributed by atoms with Gasteiger partial charge in [0.05, 0.1) is 28.5 Å². The minimum Gasteiger partial charge on any atom is -0.492 e. The summed E-state index contributed by atoms with van der Waals surface area (Å²) in [7, 11) is -3.58. The maximum Gasteiger partial charge on any atom is 0.230 e. The smallest absolute Gasteiger partial charge is 0.230 e. The Morgan fingerprint density at radius 3 is 2.61 bits per heavy atom. The number of ether oxygens (including phenoxy) is 1. The fourth-order valence-electron chi connectivity index (χ4n) is 3.34. The molecule has 0 unspecified atom stereocenters. The van der Waals surface area contributed by atoms with Gasteiger partial charge in [-0.2, -0.15) is 0 Å². The fourth-order valence-corrected chi connectivity index (χ4v) is 5.59. The van der Waals surface area contributed by atoms with Crippen LogP contribution in [0.15, 0.2) is 78.0 Å². The van der Waals surface area contributed by atoms with E-state index in [9.17, 15) is 13.2 Å². The number of hydrogen-bond acceptors (Lipinski definition) is 7. The number of carbonyl (C=O) groups excluding carboxylic acids is 1. The topological polar surface area (TPSA) is 89.5 Å². The lowest BCUT2D eigenvalue weighted by Crippen LogP contribution is -2.31. The molecule has 2 aromatic carbocycles. The van der Waals surface area contributed by atoms with Gasteiger partial charge in [0.1, 0.15) is 11.3 Å². The summed E-state index contributed by atoms with van der Waals surface area (Å²) in [5.74, 6) is 0.0439. The van der Waals surface area contributed by atoms with E-state index < -0.39 is 9.84 Å². The van der Waals surface area contributed by atoms with E-state index in [-0.39, 0.29) is 29.5 Å². The van der Waals surface area contributed by atoms with Crippen LogP contribution >= 0.6 is 11.3 Å². The highest BCUT2D eigenvalue weighted by Gasteiger charge is 2.24. The zero-order valence-electron chi connectivity index (χ0n) is 18.0. The second kappa shape index (κ2) is 10.1. The van der Waals surface area contributed by atoms with E-state index >= 15 is 0 Å². The standard InChI is InChI=1S/C24H23N3O4S2/c1-2-31-20-11-6-12-21-23(20)26-24(32-21)27(17-18-8-7-14-25-16-18)22(28)13-15-33(29,30)19-9-4-3-5-10-19/h3-12,14,16H,2,13,15,17H2,1H3. The molecule has 0 aliphatic carbocycles. The van der Waals surface area contributed by atoms with Gasteiger partial charge in [-0.3, -0.25) is 14.7 Å². The van der Waals surface area contributed by atoms with Crippen LogP contribution in [0, 0.1) is 0 Å². The zero-order valence-corrected chi connectivity index (χ0v) is 19.7. The Morgan fingerprint density at radius 1 is 1.06 bits per heavy atom. The number of pyridine rings is 1. The monoisotopic (exact) mass is 481 g/mol. The number of carbonyl (C=O) groups is 1. The lowest BCUT2D eigenvalue weighted by molar-refractivity contribution is -0.118. The molecule has 0 saturated heterocycles. The first-order chi connectivity index (χ1) is 16.0. The molecular weight excluding hydrogens is 458 g/mol. The van der Waals surface area contributed by atoms with Gasteiger partial charge in [0, 0.05) is 18.8 Å². The number of para-hydroxylation sites is 1. The average Bonchev–Trinajstić information content (AvgIpc) is 3.27. The second-order valence-electron chi connectivity index (χ2n) is 7.26. The lowest BCUT2D eigenvalue weighted by atomic mass is 10.2. The number of hydrogen-bond donors (Lipinski definition) is 0. The molecule has 0 saturated carbocycles. The number of sulfone groups is 1. The first-order valence-corrected chi connectivity index (χ1v) is 12.9. The average molecular weight is 482 g/mol. The molecule has 0 radical (unpaired) electrons. The molecule has 7 nitrogen and oxygen atoms in total. The highest BCUT2D eigenvalue weighted by molar-refractivity contribution is 7.91. The van der Waals surface area contributed by atoms with Crippen LogP contribution in [0.5, 0.6) is 5.75 Å². The van der Waals surface area contributed by atoms with E-state index in [1.54, 1.807) is 36.7 Å². The van der Waals surface area contributed by atoms with Crippen molar-refractivity contribution in [2.24, 2.45) is 0 Å². The van der Waals surface area contributed by atoms with Gasteiger partial charge < -0.3 is 4.74 Å². The first kappa shape index (κ1) is 22.9. The minimum absolute atomic E-state index is 0.161. The van der Waals surface area contributed by atoms with E-state index in [2.05, 4.69) is 9.97 Å². The van der Waals surface area contributed by atoms with Crippen molar-refractivity contribution in [1.82, 2.24) is 9.97 Å². The summed E-state index contributed by atoms with van der Waals surface area (Å²) in [6.45, 7) is 2.64. The Balaban J connectivity index is 1.63. The number of aromatic nitrogens is 2. The van der Waals surface area contributed by atoms with Gasteiger partial charge in [-0.1, -0.05) is 41.7 Å².